The summed E-state index contributed by atoms with van der Waals surface area (Å²) in [6.07, 6.45) is 0.993. The van der Waals surface area contributed by atoms with E-state index >= 15 is 0 Å². The Kier molecular flexibility index (Phi) is 9.32. The molecule has 4 rings (SSSR count). The van der Waals surface area contributed by atoms with Gasteiger partial charge in [-0.25, -0.2) is 4.79 Å². The predicted molar refractivity (Wildman–Crippen MR) is 150 cm³/mol. The number of alkyl halides is 3. The molecule has 0 heterocycles. The van der Waals surface area contributed by atoms with Crippen molar-refractivity contribution >= 4 is 29.3 Å². The lowest BCUT2D eigenvalue weighted by atomic mass is 9.84. The normalized spacial score (nSPS) is 14.1. The number of hydrogen-bond donors (Lipinski definition) is 3. The molecule has 1 aliphatic rings. The number of nitrogens with two attached hydrogens (primary N) is 2. The highest BCUT2D eigenvalue weighted by atomic mass is 19.4. The number of nitrogens with zero attached hydrogens (tertiary/aromatic N) is 4. The minimum atomic E-state index is -4.77. The number of benzene rings is 3. The minimum absolute atomic E-state index is 0.0367. The van der Waals surface area contributed by atoms with Crippen molar-refractivity contribution in [1.29, 1.82) is 5.26 Å². The van der Waals surface area contributed by atoms with E-state index in [4.69, 9.17) is 16.5 Å². The average Bonchev–Trinajstić information content (AvgIpc) is 3.00. The van der Waals surface area contributed by atoms with Gasteiger partial charge in [0.1, 0.15) is 0 Å². The molecule has 216 valence electrons. The van der Waals surface area contributed by atoms with Crippen LogP contribution in [0.4, 0.5) is 29.3 Å². The summed E-state index contributed by atoms with van der Waals surface area (Å²) in [5, 5.41) is 14.8. The van der Waals surface area contributed by atoms with Crippen LogP contribution in [0, 0.1) is 11.3 Å². The third-order valence-electron chi connectivity index (χ3n) is 7.11. The number of aliphatic imine (C=N–C) groups is 1. The molecule has 3 aromatic rings. The number of hydrogen-bond acceptors (Lipinski definition) is 3. The SMILES string of the molecule is N#Cc1ccc(NC(=O)N(Cc2ccc(C(=O)N=C(N)N=[NH2+])cc2)c2ccc(C3CCCCC3)cc2)cc1C(F)(F)F. The van der Waals surface area contributed by atoms with E-state index in [9.17, 15) is 22.8 Å². The molecule has 42 heavy (non-hydrogen) atoms. The molecule has 0 unspecified atom stereocenters. The molecule has 0 bridgehead atoms. The van der Waals surface area contributed by atoms with Gasteiger partial charge in [-0.3, -0.25) is 9.69 Å². The Labute approximate surface area is 240 Å². The van der Waals surface area contributed by atoms with E-state index in [-0.39, 0.29) is 23.8 Å². The quantitative estimate of drug-likeness (QED) is 0.201. The van der Waals surface area contributed by atoms with Crippen molar-refractivity contribution in [2.24, 2.45) is 15.8 Å². The molecule has 1 fully saturated rings. The third kappa shape index (κ3) is 7.37. The van der Waals surface area contributed by atoms with E-state index < -0.39 is 29.2 Å². The number of urea groups is 1. The van der Waals surface area contributed by atoms with Crippen LogP contribution in [0.1, 0.15) is 70.6 Å². The van der Waals surface area contributed by atoms with Gasteiger partial charge in [0.2, 0.25) is 0 Å². The predicted octanol–water partition coefficient (Wildman–Crippen LogP) is 5.53. The second-order valence-corrected chi connectivity index (χ2v) is 9.91. The summed E-state index contributed by atoms with van der Waals surface area (Å²) in [5.41, 5.74) is 11.2. The second-order valence-electron chi connectivity index (χ2n) is 9.91. The van der Waals surface area contributed by atoms with Gasteiger partial charge in [-0.15, -0.1) is 5.53 Å². The van der Waals surface area contributed by atoms with Crippen molar-refractivity contribution in [2.75, 3.05) is 10.2 Å². The van der Waals surface area contributed by atoms with Gasteiger partial charge in [0.15, 0.2) is 0 Å². The second kappa shape index (κ2) is 13.1. The molecule has 0 atom stereocenters. The molecule has 0 aliphatic heterocycles. The average molecular weight is 577 g/mol. The van der Waals surface area contributed by atoms with Crippen molar-refractivity contribution in [3.8, 4) is 6.07 Å². The number of halogens is 3. The molecule has 0 saturated heterocycles. The molecular formula is C30H29F3N7O2+. The van der Waals surface area contributed by atoms with Gasteiger partial charge in [-0.05, 0) is 72.4 Å². The van der Waals surface area contributed by atoms with Gasteiger partial charge >= 0.3 is 12.2 Å². The monoisotopic (exact) mass is 576 g/mol. The van der Waals surface area contributed by atoms with Crippen LogP contribution in [0.3, 0.4) is 0 Å². The maximum Gasteiger partial charge on any atom is 0.417 e. The van der Waals surface area contributed by atoms with Crippen LogP contribution in [-0.4, -0.2) is 17.9 Å². The molecule has 12 heteroatoms. The zero-order valence-electron chi connectivity index (χ0n) is 22.6. The van der Waals surface area contributed by atoms with E-state index in [1.165, 1.54) is 54.0 Å². The number of guanidine groups is 1. The highest BCUT2D eigenvalue weighted by molar-refractivity contribution is 6.03. The Morgan fingerprint density at radius 1 is 1.02 bits per heavy atom. The van der Waals surface area contributed by atoms with Gasteiger partial charge in [-0.2, -0.15) is 23.4 Å². The van der Waals surface area contributed by atoms with E-state index in [0.29, 0.717) is 17.2 Å². The van der Waals surface area contributed by atoms with Crippen LogP contribution in [0.15, 0.2) is 76.8 Å². The van der Waals surface area contributed by atoms with Crippen LogP contribution in [-0.2, 0) is 12.7 Å². The van der Waals surface area contributed by atoms with Crippen molar-refractivity contribution in [3.05, 3.63) is 94.5 Å². The highest BCUT2D eigenvalue weighted by Crippen LogP contribution is 2.35. The van der Waals surface area contributed by atoms with Gasteiger partial charge in [0.05, 0.1) is 23.7 Å². The lowest BCUT2D eigenvalue weighted by Gasteiger charge is -2.26. The largest absolute Gasteiger partial charge is 0.417 e. The number of amides is 3. The molecular weight excluding hydrogens is 547 g/mol. The van der Waals surface area contributed by atoms with E-state index in [1.54, 1.807) is 12.1 Å². The molecule has 0 aromatic heterocycles. The fourth-order valence-electron chi connectivity index (χ4n) is 4.92. The molecule has 9 nitrogen and oxygen atoms in total. The van der Waals surface area contributed by atoms with Gasteiger partial charge < -0.3 is 11.1 Å². The maximum atomic E-state index is 13.5. The Hall–Kier alpha value is -5.05. The number of carbonyl (C=O) groups is 2. The summed E-state index contributed by atoms with van der Waals surface area (Å²) in [6.45, 7) is 0.0367. The first-order valence-electron chi connectivity index (χ1n) is 13.3. The molecule has 1 saturated carbocycles. The molecule has 0 spiro atoms. The van der Waals surface area contributed by atoms with Crippen molar-refractivity contribution in [2.45, 2.75) is 50.7 Å². The zero-order valence-corrected chi connectivity index (χ0v) is 22.6. The summed E-state index contributed by atoms with van der Waals surface area (Å²) < 4.78 is 40.5. The summed E-state index contributed by atoms with van der Waals surface area (Å²) in [4.78, 5) is 30.7. The highest BCUT2D eigenvalue weighted by Gasteiger charge is 2.34. The number of carbonyl (C=O) groups excluding carboxylic acids is 2. The topological polar surface area (TPSA) is 150 Å². The molecule has 3 amide bonds. The minimum Gasteiger partial charge on any atom is -0.363 e. The van der Waals surface area contributed by atoms with Gasteiger partial charge in [0.25, 0.3) is 11.9 Å². The molecule has 5 N–H and O–H groups in total. The van der Waals surface area contributed by atoms with Crippen LogP contribution >= 0.6 is 0 Å². The lowest BCUT2D eigenvalue weighted by Crippen LogP contribution is -2.34. The van der Waals surface area contributed by atoms with Crippen molar-refractivity contribution in [1.82, 2.24) is 0 Å². The first-order valence-corrected chi connectivity index (χ1v) is 13.3. The fourth-order valence-corrected chi connectivity index (χ4v) is 4.92. The smallest absolute Gasteiger partial charge is 0.363 e. The Bertz CT molecular complexity index is 1520. The van der Waals surface area contributed by atoms with Crippen LogP contribution in [0.2, 0.25) is 0 Å². The molecule has 3 aromatic carbocycles. The van der Waals surface area contributed by atoms with Crippen molar-refractivity contribution in [3.63, 3.8) is 0 Å². The lowest BCUT2D eigenvalue weighted by molar-refractivity contribution is -0.207. The Balaban J connectivity index is 1.62. The molecule has 1 aliphatic carbocycles. The molecule has 0 radical (unpaired) electrons. The summed E-state index contributed by atoms with van der Waals surface area (Å²) in [5.74, 6) is -0.578. The van der Waals surface area contributed by atoms with Crippen LogP contribution < -0.4 is 21.5 Å². The number of rotatable bonds is 6. The summed E-state index contributed by atoms with van der Waals surface area (Å²) in [6, 6.07) is 17.7. The standard InChI is InChI=1S/C30H28F3N7O2/c31-30(32,33)26-16-24(13-10-23(26)17-34)37-29(42)40(25-14-11-21(12-15-25)20-4-2-1-3-5-20)18-19-6-8-22(9-7-19)27(41)38-28(35)39-36/h6-16,20,36H,1-5,18H2,(H,37,42)(H2,35,38,41)/p+1. The van der Waals surface area contributed by atoms with E-state index in [2.05, 4.69) is 15.4 Å². The first-order chi connectivity index (χ1) is 20.1. The summed E-state index contributed by atoms with van der Waals surface area (Å²) >= 11 is 0. The van der Waals surface area contributed by atoms with Gasteiger partial charge in [0, 0.05) is 22.1 Å². The van der Waals surface area contributed by atoms with Crippen LogP contribution in [0.25, 0.3) is 0 Å². The summed E-state index contributed by atoms with van der Waals surface area (Å²) in [7, 11) is 0. The van der Waals surface area contributed by atoms with E-state index in [0.717, 1.165) is 25.0 Å². The Morgan fingerprint density at radius 3 is 2.29 bits per heavy atom. The van der Waals surface area contributed by atoms with Crippen molar-refractivity contribution < 1.29 is 28.3 Å². The Morgan fingerprint density at radius 2 is 1.69 bits per heavy atom. The van der Waals surface area contributed by atoms with Gasteiger partial charge in [-0.1, -0.05) is 43.5 Å². The number of nitriles is 1. The maximum absolute atomic E-state index is 13.5. The fraction of sp³-hybridized carbons (Fsp3) is 0.267. The number of nitrogens with one attached hydrogen (secondary N) is 1. The van der Waals surface area contributed by atoms with E-state index in [1.807, 2.05) is 24.3 Å². The third-order valence-corrected chi connectivity index (χ3v) is 7.11. The zero-order chi connectivity index (χ0) is 30.3. The first kappa shape index (κ1) is 29.9. The van der Waals surface area contributed by atoms with Crippen LogP contribution in [0.5, 0.6) is 0 Å². The number of anilines is 2.